The van der Waals surface area contributed by atoms with Crippen LogP contribution in [0.15, 0.2) is 23.0 Å². The molecule has 112 valence electrons. The van der Waals surface area contributed by atoms with Crippen molar-refractivity contribution < 1.29 is 9.90 Å². The van der Waals surface area contributed by atoms with Crippen LogP contribution in [0, 0.1) is 5.92 Å². The van der Waals surface area contributed by atoms with Crippen molar-refractivity contribution in [3.05, 3.63) is 34.2 Å². The molecule has 21 heavy (non-hydrogen) atoms. The summed E-state index contributed by atoms with van der Waals surface area (Å²) in [5.41, 5.74) is 1.11. The molecule has 5 heteroatoms. The second kappa shape index (κ2) is 5.39. The molecule has 0 aliphatic heterocycles. The topological polar surface area (TPSA) is 75.1 Å². The zero-order chi connectivity index (χ0) is 15.0. The summed E-state index contributed by atoms with van der Waals surface area (Å²) in [4.78, 5) is 26.3. The van der Waals surface area contributed by atoms with E-state index in [1.807, 2.05) is 6.07 Å². The highest BCUT2D eigenvalue weighted by Crippen LogP contribution is 2.35. The van der Waals surface area contributed by atoms with E-state index in [1.54, 1.807) is 10.6 Å². The maximum Gasteiger partial charge on any atom is 0.337 e. The van der Waals surface area contributed by atoms with Crippen LogP contribution in [0.5, 0.6) is 0 Å². The molecule has 0 spiro atoms. The van der Waals surface area contributed by atoms with Gasteiger partial charge in [0, 0.05) is 6.04 Å². The Hall–Kier alpha value is -2.04. The van der Waals surface area contributed by atoms with Gasteiger partial charge in [0.05, 0.1) is 16.6 Å². The molecule has 2 atom stereocenters. The first-order valence-electron chi connectivity index (χ1n) is 7.58. The first kappa shape index (κ1) is 13.9. The predicted octanol–water partition coefficient (Wildman–Crippen LogP) is 3.17. The highest BCUT2D eigenvalue weighted by atomic mass is 16.4. The van der Waals surface area contributed by atoms with Crippen LogP contribution in [0.25, 0.3) is 11.0 Å². The van der Waals surface area contributed by atoms with Gasteiger partial charge in [0.15, 0.2) is 0 Å². The fourth-order valence-corrected chi connectivity index (χ4v) is 3.56. The van der Waals surface area contributed by atoms with E-state index in [4.69, 9.17) is 0 Å². The first-order chi connectivity index (χ1) is 10.1. The summed E-state index contributed by atoms with van der Waals surface area (Å²) in [5.74, 6) is -0.354. The third-order valence-electron chi connectivity index (χ3n) is 4.68. The average Bonchev–Trinajstić information content (AvgIpc) is 2.82. The van der Waals surface area contributed by atoms with Crippen LogP contribution in [-0.2, 0) is 0 Å². The molecule has 0 radical (unpaired) electrons. The molecular formula is C16H20N2O3. The molecule has 1 heterocycles. The average molecular weight is 288 g/mol. The number of carboxylic acids is 1. The molecule has 1 aromatic heterocycles. The highest BCUT2D eigenvalue weighted by Gasteiger charge is 2.25. The van der Waals surface area contributed by atoms with E-state index in [0.717, 1.165) is 25.7 Å². The van der Waals surface area contributed by atoms with Gasteiger partial charge in [-0.1, -0.05) is 32.3 Å². The summed E-state index contributed by atoms with van der Waals surface area (Å²) in [6.45, 7) is 2.19. The number of H-pyrrole nitrogens is 1. The van der Waals surface area contributed by atoms with Gasteiger partial charge in [-0.3, -0.25) is 4.57 Å². The van der Waals surface area contributed by atoms with Crippen molar-refractivity contribution in [3.63, 3.8) is 0 Å². The van der Waals surface area contributed by atoms with Gasteiger partial charge in [-0.05, 0) is 30.9 Å². The lowest BCUT2D eigenvalue weighted by atomic mass is 9.84. The van der Waals surface area contributed by atoms with Crippen LogP contribution in [0.4, 0.5) is 0 Å². The number of carboxylic acid groups (broad SMARTS) is 1. The third kappa shape index (κ3) is 2.37. The van der Waals surface area contributed by atoms with Crippen molar-refractivity contribution in [1.82, 2.24) is 9.55 Å². The smallest absolute Gasteiger partial charge is 0.337 e. The van der Waals surface area contributed by atoms with Gasteiger partial charge in [0.25, 0.3) is 0 Å². The minimum Gasteiger partial charge on any atom is -0.478 e. The Morgan fingerprint density at radius 2 is 2.24 bits per heavy atom. The van der Waals surface area contributed by atoms with Crippen LogP contribution < -0.4 is 5.69 Å². The van der Waals surface area contributed by atoms with Crippen molar-refractivity contribution in [2.24, 2.45) is 5.92 Å². The Kier molecular flexibility index (Phi) is 3.57. The Morgan fingerprint density at radius 3 is 2.95 bits per heavy atom. The lowest BCUT2D eigenvalue weighted by molar-refractivity contribution is 0.0699. The molecule has 2 unspecified atom stereocenters. The number of carbonyl (C=O) groups is 1. The Labute approximate surface area is 122 Å². The number of hydrogen-bond acceptors (Lipinski definition) is 2. The zero-order valence-corrected chi connectivity index (χ0v) is 12.1. The number of imidazole rings is 1. The standard InChI is InChI=1S/C16H20N2O3/c1-2-10-5-3-6-11(9-10)18-13-8-4-7-12(15(19)20)14(13)17-16(18)21/h4,7-8,10-11H,2-3,5-6,9H2,1H3,(H,17,21)(H,19,20). The normalized spacial score (nSPS) is 22.5. The van der Waals surface area contributed by atoms with Gasteiger partial charge in [-0.15, -0.1) is 0 Å². The molecule has 1 aromatic carbocycles. The molecular weight excluding hydrogens is 268 g/mol. The summed E-state index contributed by atoms with van der Waals surface area (Å²) < 4.78 is 1.77. The zero-order valence-electron chi connectivity index (χ0n) is 12.1. The fourth-order valence-electron chi connectivity index (χ4n) is 3.56. The number of aromatic nitrogens is 2. The molecule has 0 bridgehead atoms. The molecule has 3 rings (SSSR count). The molecule has 0 amide bonds. The first-order valence-corrected chi connectivity index (χ1v) is 7.58. The minimum atomic E-state index is -1.01. The molecule has 2 N–H and O–H groups in total. The van der Waals surface area contributed by atoms with E-state index in [9.17, 15) is 14.7 Å². The Morgan fingerprint density at radius 1 is 1.43 bits per heavy atom. The third-order valence-corrected chi connectivity index (χ3v) is 4.68. The van der Waals surface area contributed by atoms with Crippen LogP contribution in [0.2, 0.25) is 0 Å². The van der Waals surface area contributed by atoms with E-state index < -0.39 is 5.97 Å². The van der Waals surface area contributed by atoms with Gasteiger partial charge in [-0.2, -0.15) is 0 Å². The van der Waals surface area contributed by atoms with Crippen molar-refractivity contribution in [2.75, 3.05) is 0 Å². The number of nitrogens with zero attached hydrogens (tertiary/aromatic N) is 1. The maximum absolute atomic E-state index is 12.3. The van der Waals surface area contributed by atoms with Crippen LogP contribution in [0.3, 0.4) is 0 Å². The van der Waals surface area contributed by atoms with Crippen LogP contribution in [0.1, 0.15) is 55.4 Å². The molecule has 1 fully saturated rings. The Balaban J connectivity index is 2.11. The van der Waals surface area contributed by atoms with E-state index >= 15 is 0 Å². The quantitative estimate of drug-likeness (QED) is 0.911. The summed E-state index contributed by atoms with van der Waals surface area (Å²) in [5, 5.41) is 9.24. The molecule has 1 aliphatic carbocycles. The second-order valence-electron chi connectivity index (χ2n) is 5.90. The van der Waals surface area contributed by atoms with E-state index in [1.165, 1.54) is 12.5 Å². The number of hydrogen-bond donors (Lipinski definition) is 2. The number of aromatic amines is 1. The fraction of sp³-hybridized carbons (Fsp3) is 0.500. The number of benzene rings is 1. The van der Waals surface area contributed by atoms with E-state index in [0.29, 0.717) is 17.0 Å². The summed E-state index contributed by atoms with van der Waals surface area (Å²) in [6, 6.07) is 5.24. The lowest BCUT2D eigenvalue weighted by Crippen LogP contribution is -2.26. The number of nitrogens with one attached hydrogen (secondary N) is 1. The molecule has 1 saturated carbocycles. The molecule has 2 aromatic rings. The van der Waals surface area contributed by atoms with Crippen molar-refractivity contribution in [2.45, 2.75) is 45.1 Å². The number of para-hydroxylation sites is 1. The van der Waals surface area contributed by atoms with Gasteiger partial charge in [-0.25, -0.2) is 9.59 Å². The minimum absolute atomic E-state index is 0.159. The summed E-state index contributed by atoms with van der Waals surface area (Å²) >= 11 is 0. The van der Waals surface area contributed by atoms with Gasteiger partial charge < -0.3 is 10.1 Å². The number of rotatable bonds is 3. The lowest BCUT2D eigenvalue weighted by Gasteiger charge is -2.29. The summed E-state index contributed by atoms with van der Waals surface area (Å²) in [7, 11) is 0. The second-order valence-corrected chi connectivity index (χ2v) is 5.90. The van der Waals surface area contributed by atoms with Crippen LogP contribution in [-0.4, -0.2) is 20.6 Å². The number of aromatic carboxylic acids is 1. The monoisotopic (exact) mass is 288 g/mol. The predicted molar refractivity (Wildman–Crippen MR) is 80.8 cm³/mol. The van der Waals surface area contributed by atoms with Crippen LogP contribution >= 0.6 is 0 Å². The summed E-state index contributed by atoms with van der Waals surface area (Å²) in [6.07, 6.45) is 5.47. The van der Waals surface area contributed by atoms with Gasteiger partial charge in [0.1, 0.15) is 0 Å². The largest absolute Gasteiger partial charge is 0.478 e. The van der Waals surface area contributed by atoms with Crippen molar-refractivity contribution in [3.8, 4) is 0 Å². The van der Waals surface area contributed by atoms with Gasteiger partial charge in [0.2, 0.25) is 0 Å². The Bertz CT molecular complexity index is 729. The van der Waals surface area contributed by atoms with Gasteiger partial charge >= 0.3 is 11.7 Å². The number of fused-ring (bicyclic) bond motifs is 1. The SMILES string of the molecule is CCC1CCCC(n2c(=O)[nH]c3c(C(=O)O)cccc32)C1. The molecule has 5 nitrogen and oxygen atoms in total. The molecule has 0 saturated heterocycles. The van der Waals surface area contributed by atoms with E-state index in [2.05, 4.69) is 11.9 Å². The highest BCUT2D eigenvalue weighted by molar-refractivity contribution is 6.00. The van der Waals surface area contributed by atoms with Crippen molar-refractivity contribution in [1.29, 1.82) is 0 Å². The maximum atomic E-state index is 12.3. The van der Waals surface area contributed by atoms with E-state index in [-0.39, 0.29) is 17.3 Å². The van der Waals surface area contributed by atoms with Crippen molar-refractivity contribution >= 4 is 17.0 Å². The molecule has 1 aliphatic rings.